The summed E-state index contributed by atoms with van der Waals surface area (Å²) < 4.78 is 40.5. The van der Waals surface area contributed by atoms with Crippen molar-refractivity contribution in [2.45, 2.75) is 17.4 Å². The minimum Gasteiger partial charge on any atom is -0.495 e. The summed E-state index contributed by atoms with van der Waals surface area (Å²) in [7, 11) is -2.88. The molecule has 0 aromatic heterocycles. The average molecular weight is 571 g/mol. The number of benzene rings is 4. The summed E-state index contributed by atoms with van der Waals surface area (Å²) in [5, 5.41) is 3.34. The highest BCUT2D eigenvalue weighted by Gasteiger charge is 2.29. The summed E-state index contributed by atoms with van der Waals surface area (Å²) in [5.74, 6) is 0.374. The fourth-order valence-corrected chi connectivity index (χ4v) is 5.47. The van der Waals surface area contributed by atoms with Crippen molar-refractivity contribution in [1.82, 2.24) is 4.72 Å². The highest BCUT2D eigenvalue weighted by molar-refractivity contribution is 7.89. The molecule has 0 spiro atoms. The van der Waals surface area contributed by atoms with Crippen molar-refractivity contribution in [3.63, 3.8) is 0 Å². The van der Waals surface area contributed by atoms with E-state index in [0.29, 0.717) is 16.5 Å². The van der Waals surface area contributed by atoms with E-state index in [4.69, 9.17) is 32.7 Å². The zero-order valence-electron chi connectivity index (χ0n) is 20.2. The number of halogens is 2. The molecule has 0 saturated heterocycles. The molecule has 0 saturated carbocycles. The molecule has 0 fully saturated rings. The molecule has 0 aliphatic rings. The second-order valence-electron chi connectivity index (χ2n) is 8.20. The van der Waals surface area contributed by atoms with Crippen molar-refractivity contribution in [2.75, 3.05) is 12.4 Å². The lowest BCUT2D eigenvalue weighted by Crippen LogP contribution is -2.45. The normalized spacial score (nSPS) is 12.0. The Morgan fingerprint density at radius 2 is 1.45 bits per heavy atom. The lowest BCUT2D eigenvalue weighted by atomic mass is 10.1. The fourth-order valence-electron chi connectivity index (χ4n) is 3.67. The maximum absolute atomic E-state index is 13.6. The van der Waals surface area contributed by atoms with Crippen LogP contribution in [0.5, 0.6) is 17.2 Å². The third-order valence-electron chi connectivity index (χ3n) is 5.48. The zero-order chi connectivity index (χ0) is 27.1. The van der Waals surface area contributed by atoms with Gasteiger partial charge in [0.1, 0.15) is 22.4 Å². The van der Waals surface area contributed by atoms with Crippen LogP contribution in [0.2, 0.25) is 10.0 Å². The molecule has 2 N–H and O–H groups in total. The van der Waals surface area contributed by atoms with Gasteiger partial charge in [0.2, 0.25) is 15.9 Å². The zero-order valence-corrected chi connectivity index (χ0v) is 22.6. The van der Waals surface area contributed by atoms with Crippen molar-refractivity contribution < 1.29 is 22.7 Å². The first kappa shape index (κ1) is 27.5. The molecule has 4 aromatic carbocycles. The standard InChI is InChI=1S/C28H24Cl2N2O5S/c1-36-26-15-13-21(30)18-27(26)38(34,35)32-24(16-19-8-4-2-5-9-19)28(33)31-23-17-20(29)12-14-25(23)37-22-10-6-3-7-11-22/h2-15,17-18,24,32H,16H2,1H3,(H,31,33). The predicted molar refractivity (Wildman–Crippen MR) is 149 cm³/mol. The van der Waals surface area contributed by atoms with Gasteiger partial charge in [-0.25, -0.2) is 8.42 Å². The van der Waals surface area contributed by atoms with Crippen LogP contribution in [0.15, 0.2) is 102 Å². The summed E-state index contributed by atoms with van der Waals surface area (Å²) in [6.07, 6.45) is 0.0736. The number of para-hydroxylation sites is 1. The van der Waals surface area contributed by atoms with Crippen molar-refractivity contribution in [3.8, 4) is 17.2 Å². The third-order valence-corrected chi connectivity index (χ3v) is 7.45. The van der Waals surface area contributed by atoms with Crippen LogP contribution in [-0.4, -0.2) is 27.5 Å². The number of carbonyl (C=O) groups excluding carboxylic acids is 1. The van der Waals surface area contributed by atoms with E-state index in [1.54, 1.807) is 36.4 Å². The summed E-state index contributed by atoms with van der Waals surface area (Å²) in [6, 6.07) is 25.9. The smallest absolute Gasteiger partial charge is 0.245 e. The predicted octanol–water partition coefficient (Wildman–Crippen LogP) is 6.32. The Bertz CT molecular complexity index is 1520. The Morgan fingerprint density at radius 1 is 0.842 bits per heavy atom. The molecule has 0 radical (unpaired) electrons. The van der Waals surface area contributed by atoms with E-state index in [9.17, 15) is 13.2 Å². The van der Waals surface area contributed by atoms with Gasteiger partial charge in [-0.1, -0.05) is 71.7 Å². The number of ether oxygens (including phenoxy) is 2. The minimum absolute atomic E-state index is 0.0736. The van der Waals surface area contributed by atoms with Gasteiger partial charge in [0.15, 0.2) is 5.75 Å². The Hall–Kier alpha value is -3.56. The van der Waals surface area contributed by atoms with Crippen molar-refractivity contribution >= 4 is 44.8 Å². The van der Waals surface area contributed by atoms with Crippen LogP contribution in [0.4, 0.5) is 5.69 Å². The lowest BCUT2D eigenvalue weighted by molar-refractivity contribution is -0.117. The van der Waals surface area contributed by atoms with Crippen molar-refractivity contribution in [3.05, 3.63) is 113 Å². The quantitative estimate of drug-likeness (QED) is 0.232. The van der Waals surface area contributed by atoms with Gasteiger partial charge in [-0.2, -0.15) is 4.72 Å². The summed E-state index contributed by atoms with van der Waals surface area (Å²) >= 11 is 12.3. The fraction of sp³-hybridized carbons (Fsp3) is 0.107. The Morgan fingerprint density at radius 3 is 2.11 bits per heavy atom. The number of hydrogen-bond acceptors (Lipinski definition) is 5. The average Bonchev–Trinajstić information content (AvgIpc) is 2.91. The number of sulfonamides is 1. The van der Waals surface area contributed by atoms with Gasteiger partial charge in [0.25, 0.3) is 0 Å². The topological polar surface area (TPSA) is 93.7 Å². The molecule has 196 valence electrons. The Balaban J connectivity index is 1.66. The van der Waals surface area contributed by atoms with E-state index in [2.05, 4.69) is 10.0 Å². The first-order chi connectivity index (χ1) is 18.2. The van der Waals surface area contributed by atoms with E-state index in [1.807, 2.05) is 36.4 Å². The number of nitrogens with one attached hydrogen (secondary N) is 2. The van der Waals surface area contributed by atoms with Gasteiger partial charge in [-0.3, -0.25) is 4.79 Å². The van der Waals surface area contributed by atoms with Crippen molar-refractivity contribution in [1.29, 1.82) is 0 Å². The molecular weight excluding hydrogens is 547 g/mol. The van der Waals surface area contributed by atoms with Gasteiger partial charge >= 0.3 is 0 Å². The highest BCUT2D eigenvalue weighted by Crippen LogP contribution is 2.32. The van der Waals surface area contributed by atoms with Gasteiger partial charge in [-0.15, -0.1) is 0 Å². The van der Waals surface area contributed by atoms with Gasteiger partial charge in [0, 0.05) is 10.0 Å². The molecule has 7 nitrogen and oxygen atoms in total. The Kier molecular flexibility index (Phi) is 8.91. The largest absolute Gasteiger partial charge is 0.495 e. The monoisotopic (exact) mass is 570 g/mol. The van der Waals surface area contributed by atoms with E-state index < -0.39 is 22.0 Å². The maximum atomic E-state index is 13.6. The second-order valence-corrected chi connectivity index (χ2v) is 10.8. The molecular formula is C28H24Cl2N2O5S. The number of methoxy groups -OCH3 is 1. The molecule has 4 rings (SSSR count). The third kappa shape index (κ3) is 7.05. The van der Waals surface area contributed by atoms with Crippen LogP contribution >= 0.6 is 23.2 Å². The highest BCUT2D eigenvalue weighted by atomic mass is 35.5. The molecule has 0 heterocycles. The Labute approximate surface area is 231 Å². The number of carbonyl (C=O) groups is 1. The van der Waals surface area contributed by atoms with E-state index in [-0.39, 0.29) is 27.8 Å². The van der Waals surface area contributed by atoms with Crippen LogP contribution in [0.1, 0.15) is 5.56 Å². The van der Waals surface area contributed by atoms with E-state index >= 15 is 0 Å². The van der Waals surface area contributed by atoms with Crippen molar-refractivity contribution in [2.24, 2.45) is 0 Å². The van der Waals surface area contributed by atoms with E-state index in [1.165, 1.54) is 31.4 Å². The molecule has 38 heavy (non-hydrogen) atoms. The van der Waals surface area contributed by atoms with Crippen LogP contribution < -0.4 is 19.5 Å². The molecule has 0 bridgehead atoms. The molecule has 0 aliphatic carbocycles. The number of hydrogen-bond donors (Lipinski definition) is 2. The molecule has 0 aliphatic heterocycles. The minimum atomic E-state index is -4.23. The summed E-state index contributed by atoms with van der Waals surface area (Å²) in [4.78, 5) is 13.4. The number of amides is 1. The van der Waals surface area contributed by atoms with Crippen LogP contribution in [-0.2, 0) is 21.2 Å². The van der Waals surface area contributed by atoms with E-state index in [0.717, 1.165) is 5.56 Å². The molecule has 4 aromatic rings. The summed E-state index contributed by atoms with van der Waals surface area (Å²) in [6.45, 7) is 0. The van der Waals surface area contributed by atoms with Crippen LogP contribution in [0, 0.1) is 0 Å². The number of rotatable bonds is 10. The molecule has 1 unspecified atom stereocenters. The summed E-state index contributed by atoms with van der Waals surface area (Å²) in [5.41, 5.74) is 1.03. The second kappa shape index (κ2) is 12.3. The van der Waals surface area contributed by atoms with Gasteiger partial charge in [-0.05, 0) is 60.5 Å². The lowest BCUT2D eigenvalue weighted by Gasteiger charge is -2.21. The molecule has 1 amide bonds. The van der Waals surface area contributed by atoms with Crippen LogP contribution in [0.25, 0.3) is 0 Å². The van der Waals surface area contributed by atoms with Gasteiger partial charge < -0.3 is 14.8 Å². The molecule has 1 atom stereocenters. The first-order valence-corrected chi connectivity index (χ1v) is 13.7. The van der Waals surface area contributed by atoms with Gasteiger partial charge in [0.05, 0.1) is 12.8 Å². The maximum Gasteiger partial charge on any atom is 0.245 e. The first-order valence-electron chi connectivity index (χ1n) is 11.5. The van der Waals surface area contributed by atoms with Crippen LogP contribution in [0.3, 0.4) is 0 Å². The SMILES string of the molecule is COc1ccc(Cl)cc1S(=O)(=O)NC(Cc1ccccc1)C(=O)Nc1cc(Cl)ccc1Oc1ccccc1. The molecule has 10 heteroatoms. The number of anilines is 1.